The molecule has 3 amide bonds. The van der Waals surface area contributed by atoms with Gasteiger partial charge in [-0.25, -0.2) is 23.2 Å². The lowest BCUT2D eigenvalue weighted by Crippen LogP contribution is -2.54. The van der Waals surface area contributed by atoms with E-state index in [1.165, 1.54) is 45.9 Å². The highest BCUT2D eigenvalue weighted by atomic mass is 19.1. The fraction of sp³-hybridized carbons (Fsp3) is 0.360. The van der Waals surface area contributed by atoms with Crippen molar-refractivity contribution in [3.05, 3.63) is 66.0 Å². The van der Waals surface area contributed by atoms with Gasteiger partial charge in [-0.05, 0) is 19.1 Å². The van der Waals surface area contributed by atoms with Gasteiger partial charge in [-0.3, -0.25) is 14.5 Å². The third-order valence-corrected chi connectivity index (χ3v) is 6.68. The molecule has 0 aliphatic carbocycles. The number of nitrogens with zero attached hydrogens (tertiary/aromatic N) is 7. The summed E-state index contributed by atoms with van der Waals surface area (Å²) in [6, 6.07) is 3.85. The predicted octanol–water partition coefficient (Wildman–Crippen LogP) is 1.58. The van der Waals surface area contributed by atoms with E-state index < -0.39 is 47.6 Å². The first-order valence-electron chi connectivity index (χ1n) is 12.5. The Morgan fingerprint density at radius 1 is 1.12 bits per heavy atom. The molecule has 2 saturated heterocycles. The molecule has 12 nitrogen and oxygen atoms in total. The highest BCUT2D eigenvalue weighted by Crippen LogP contribution is 2.31. The van der Waals surface area contributed by atoms with E-state index >= 15 is 8.78 Å². The van der Waals surface area contributed by atoms with Gasteiger partial charge in [0.25, 0.3) is 5.91 Å². The van der Waals surface area contributed by atoms with Gasteiger partial charge in [0.15, 0.2) is 11.6 Å². The maximum Gasteiger partial charge on any atom is 0.414 e. The second-order valence-corrected chi connectivity index (χ2v) is 9.35. The van der Waals surface area contributed by atoms with Gasteiger partial charge in [0.2, 0.25) is 11.9 Å². The molecule has 0 spiro atoms. The van der Waals surface area contributed by atoms with Crippen LogP contribution in [-0.2, 0) is 16.1 Å². The van der Waals surface area contributed by atoms with Crippen molar-refractivity contribution in [1.82, 2.24) is 30.2 Å². The van der Waals surface area contributed by atoms with E-state index in [4.69, 9.17) is 4.74 Å². The molecule has 1 N–H and O–H groups in total. The van der Waals surface area contributed by atoms with Crippen LogP contribution in [0.2, 0.25) is 0 Å². The van der Waals surface area contributed by atoms with Crippen LogP contribution in [0, 0.1) is 17.6 Å². The number of anilines is 2. The lowest BCUT2D eigenvalue weighted by Gasteiger charge is -2.37. The maximum absolute atomic E-state index is 15.2. The zero-order valence-corrected chi connectivity index (χ0v) is 21.3. The summed E-state index contributed by atoms with van der Waals surface area (Å²) < 4.78 is 50.9. The molecule has 0 unspecified atom stereocenters. The normalized spacial score (nSPS) is 18.1. The number of piperazine rings is 1. The van der Waals surface area contributed by atoms with E-state index in [2.05, 4.69) is 20.6 Å². The van der Waals surface area contributed by atoms with Crippen molar-refractivity contribution in [2.24, 2.45) is 0 Å². The van der Waals surface area contributed by atoms with Gasteiger partial charge >= 0.3 is 6.09 Å². The van der Waals surface area contributed by atoms with Crippen LogP contribution in [0.4, 0.5) is 29.3 Å². The van der Waals surface area contributed by atoms with Gasteiger partial charge in [0, 0.05) is 50.7 Å². The SMILES string of the molecule is C[C@@H](NC(=O)c1cccnc1F)C(=O)N1CCN(c2c(F)cc(N3C[C@@H](Cn4ccnn4)OC3=O)cc2F)CC1. The smallest absolute Gasteiger partial charge is 0.414 e. The lowest BCUT2D eigenvalue weighted by atomic mass is 10.1. The van der Waals surface area contributed by atoms with Gasteiger partial charge in [-0.1, -0.05) is 5.21 Å². The molecule has 2 fully saturated rings. The highest BCUT2D eigenvalue weighted by Gasteiger charge is 2.35. The van der Waals surface area contributed by atoms with E-state index in [1.807, 2.05) is 0 Å². The van der Waals surface area contributed by atoms with Crippen molar-refractivity contribution in [3.8, 4) is 0 Å². The van der Waals surface area contributed by atoms with Crippen molar-refractivity contribution in [2.45, 2.75) is 25.6 Å². The molecule has 15 heteroatoms. The summed E-state index contributed by atoms with van der Waals surface area (Å²) in [5.41, 5.74) is -0.529. The molecule has 2 atom stereocenters. The second-order valence-electron chi connectivity index (χ2n) is 9.35. The number of hydrogen-bond acceptors (Lipinski definition) is 8. The van der Waals surface area contributed by atoms with Gasteiger partial charge in [0.1, 0.15) is 17.8 Å². The van der Waals surface area contributed by atoms with Crippen LogP contribution in [-0.4, -0.2) is 87.7 Å². The minimum absolute atomic E-state index is 0.0215. The van der Waals surface area contributed by atoms with Gasteiger partial charge < -0.3 is 19.9 Å². The topological polar surface area (TPSA) is 126 Å². The van der Waals surface area contributed by atoms with Crippen molar-refractivity contribution in [2.75, 3.05) is 42.5 Å². The number of halogens is 3. The first kappa shape index (κ1) is 26.9. The van der Waals surface area contributed by atoms with E-state index in [9.17, 15) is 18.8 Å². The zero-order valence-electron chi connectivity index (χ0n) is 21.3. The summed E-state index contributed by atoms with van der Waals surface area (Å²) >= 11 is 0. The first-order valence-corrected chi connectivity index (χ1v) is 12.5. The zero-order chi connectivity index (χ0) is 28.4. The van der Waals surface area contributed by atoms with Crippen molar-refractivity contribution in [3.63, 3.8) is 0 Å². The predicted molar refractivity (Wildman–Crippen MR) is 134 cm³/mol. The summed E-state index contributed by atoms with van der Waals surface area (Å²) in [7, 11) is 0. The first-order chi connectivity index (χ1) is 19.2. The number of ether oxygens (including phenoxy) is 1. The Balaban J connectivity index is 1.19. The van der Waals surface area contributed by atoms with Crippen molar-refractivity contribution >= 4 is 29.3 Å². The van der Waals surface area contributed by atoms with E-state index in [0.29, 0.717) is 0 Å². The monoisotopic (exact) mass is 558 g/mol. The van der Waals surface area contributed by atoms with Gasteiger partial charge in [-0.15, -0.1) is 5.10 Å². The van der Waals surface area contributed by atoms with Crippen molar-refractivity contribution < 1.29 is 32.3 Å². The van der Waals surface area contributed by atoms with Crippen LogP contribution in [0.25, 0.3) is 0 Å². The molecule has 2 aliphatic heterocycles. The number of pyridine rings is 1. The largest absolute Gasteiger partial charge is 0.442 e. The Kier molecular flexibility index (Phi) is 7.53. The summed E-state index contributed by atoms with van der Waals surface area (Å²) in [6.07, 6.45) is 3.01. The summed E-state index contributed by atoms with van der Waals surface area (Å²) in [6.45, 7) is 2.34. The fourth-order valence-corrected chi connectivity index (χ4v) is 4.69. The van der Waals surface area contributed by atoms with E-state index in [0.717, 1.165) is 17.0 Å². The van der Waals surface area contributed by atoms with Crippen LogP contribution < -0.4 is 15.1 Å². The number of nitrogens with one attached hydrogen (secondary N) is 1. The van der Waals surface area contributed by atoms with Crippen molar-refractivity contribution in [1.29, 1.82) is 0 Å². The lowest BCUT2D eigenvalue weighted by molar-refractivity contribution is -0.133. The van der Waals surface area contributed by atoms with E-state index in [-0.39, 0.29) is 56.2 Å². The molecular formula is C25H25F3N8O4. The molecule has 2 aromatic heterocycles. The maximum atomic E-state index is 15.2. The third-order valence-electron chi connectivity index (χ3n) is 6.68. The Labute approximate surface area is 226 Å². The van der Waals surface area contributed by atoms with Gasteiger partial charge in [0.05, 0.1) is 30.5 Å². The number of hydrogen-bond donors (Lipinski definition) is 1. The Morgan fingerprint density at radius 2 is 1.85 bits per heavy atom. The number of amides is 3. The summed E-state index contributed by atoms with van der Waals surface area (Å²) in [5, 5.41) is 9.96. The van der Waals surface area contributed by atoms with Crippen LogP contribution >= 0.6 is 0 Å². The molecular weight excluding hydrogens is 533 g/mol. The Bertz CT molecular complexity index is 1390. The molecule has 210 valence electrons. The van der Waals surface area contributed by atoms with Crippen LogP contribution in [0.1, 0.15) is 17.3 Å². The number of benzene rings is 1. The Morgan fingerprint density at radius 3 is 2.50 bits per heavy atom. The number of carbonyl (C=O) groups is 3. The molecule has 0 saturated carbocycles. The minimum Gasteiger partial charge on any atom is -0.442 e. The molecule has 2 aliphatic rings. The molecule has 40 heavy (non-hydrogen) atoms. The van der Waals surface area contributed by atoms with E-state index in [1.54, 1.807) is 6.20 Å². The van der Waals surface area contributed by atoms with Crippen LogP contribution in [0.3, 0.4) is 0 Å². The van der Waals surface area contributed by atoms with Gasteiger partial charge in [-0.2, -0.15) is 4.39 Å². The van der Waals surface area contributed by atoms with Crippen LogP contribution in [0.5, 0.6) is 0 Å². The molecule has 1 aromatic carbocycles. The Hall–Kier alpha value is -4.69. The molecule has 4 heterocycles. The standard InChI is InChI=1S/C25H25F3N8O4/c1-15(31-23(37)18-3-2-4-29-22(18)28)24(38)34-9-7-33(8-10-34)21-19(26)11-16(12-20(21)27)36-14-17(40-25(36)39)13-35-6-5-30-32-35/h2-6,11-12,15,17H,7-10,13-14H2,1H3,(H,31,37)/t15-,17-/m1/s1. The number of carbonyl (C=O) groups excluding carboxylic acids is 3. The number of cyclic esters (lactones) is 1. The third kappa shape index (κ3) is 5.53. The number of aromatic nitrogens is 4. The van der Waals surface area contributed by atoms with Crippen LogP contribution in [0.15, 0.2) is 42.9 Å². The molecule has 5 rings (SSSR count). The second kappa shape index (κ2) is 11.2. The fourth-order valence-electron chi connectivity index (χ4n) is 4.69. The quantitative estimate of drug-likeness (QED) is 0.434. The highest BCUT2D eigenvalue weighted by molar-refractivity contribution is 5.97. The molecule has 3 aromatic rings. The minimum atomic E-state index is -0.958. The summed E-state index contributed by atoms with van der Waals surface area (Å²) in [4.78, 5) is 45.0. The number of rotatable bonds is 7. The molecule has 0 bridgehead atoms. The molecule has 0 radical (unpaired) electrons. The summed E-state index contributed by atoms with van der Waals surface area (Å²) in [5.74, 6) is -3.86. The average molecular weight is 559 g/mol. The average Bonchev–Trinajstić information content (AvgIpc) is 3.57.